The second-order valence-electron chi connectivity index (χ2n) is 4.60. The number of hydrogen-bond donors (Lipinski definition) is 1. The van der Waals surface area contributed by atoms with Crippen LogP contribution in [0, 0.1) is 13.8 Å². The standard InChI is InChI=1S/C12H19NO/c1-10-4-5-11(2)13(10)9-8-12(14)6-3-7-12/h4-5,14H,3,6-9H2,1-2H3. The number of aromatic nitrogens is 1. The van der Waals surface area contributed by atoms with Crippen molar-refractivity contribution < 1.29 is 5.11 Å². The minimum absolute atomic E-state index is 0.344. The molecule has 2 rings (SSSR count). The summed E-state index contributed by atoms with van der Waals surface area (Å²) in [4.78, 5) is 0. The van der Waals surface area contributed by atoms with E-state index in [-0.39, 0.29) is 5.60 Å². The summed E-state index contributed by atoms with van der Waals surface area (Å²) in [6, 6.07) is 4.28. The number of hydrogen-bond acceptors (Lipinski definition) is 1. The second-order valence-corrected chi connectivity index (χ2v) is 4.60. The molecule has 0 spiro atoms. The molecule has 0 bridgehead atoms. The van der Waals surface area contributed by atoms with Crippen LogP contribution in [0.25, 0.3) is 0 Å². The van der Waals surface area contributed by atoms with E-state index >= 15 is 0 Å². The molecule has 1 fully saturated rings. The largest absolute Gasteiger partial charge is 0.390 e. The Bertz CT molecular complexity index is 304. The van der Waals surface area contributed by atoms with Crippen molar-refractivity contribution in [1.29, 1.82) is 0 Å². The first-order valence-corrected chi connectivity index (χ1v) is 5.46. The number of aliphatic hydroxyl groups is 1. The van der Waals surface area contributed by atoms with Crippen molar-refractivity contribution in [1.82, 2.24) is 4.57 Å². The summed E-state index contributed by atoms with van der Waals surface area (Å²) in [7, 11) is 0. The first-order chi connectivity index (χ1) is 6.61. The van der Waals surface area contributed by atoms with Gasteiger partial charge in [-0.05, 0) is 51.7 Å². The molecule has 1 aliphatic carbocycles. The third-order valence-corrected chi connectivity index (χ3v) is 3.50. The normalized spacial score (nSPS) is 19.4. The van der Waals surface area contributed by atoms with E-state index in [0.29, 0.717) is 0 Å². The highest BCUT2D eigenvalue weighted by Crippen LogP contribution is 2.35. The molecule has 1 heterocycles. The molecule has 0 saturated heterocycles. The quantitative estimate of drug-likeness (QED) is 0.783. The van der Waals surface area contributed by atoms with E-state index in [1.54, 1.807) is 0 Å². The first-order valence-electron chi connectivity index (χ1n) is 5.46. The summed E-state index contributed by atoms with van der Waals surface area (Å²) in [5, 5.41) is 9.98. The fourth-order valence-electron chi connectivity index (χ4n) is 2.21. The monoisotopic (exact) mass is 193 g/mol. The summed E-state index contributed by atoms with van der Waals surface area (Å²) in [5.74, 6) is 0. The molecule has 2 heteroatoms. The molecule has 0 radical (unpaired) electrons. The van der Waals surface area contributed by atoms with Crippen LogP contribution in [0.15, 0.2) is 12.1 Å². The van der Waals surface area contributed by atoms with Gasteiger partial charge in [-0.1, -0.05) is 0 Å². The highest BCUT2D eigenvalue weighted by Gasteiger charge is 2.33. The third-order valence-electron chi connectivity index (χ3n) is 3.50. The maximum atomic E-state index is 9.98. The van der Waals surface area contributed by atoms with E-state index in [9.17, 15) is 5.11 Å². The van der Waals surface area contributed by atoms with Crippen LogP contribution in [0.1, 0.15) is 37.1 Å². The molecule has 0 atom stereocenters. The van der Waals surface area contributed by atoms with Crippen LogP contribution in [-0.2, 0) is 6.54 Å². The summed E-state index contributed by atoms with van der Waals surface area (Å²) in [6.45, 7) is 5.21. The predicted molar refractivity (Wildman–Crippen MR) is 57.3 cm³/mol. The molecule has 0 aliphatic heterocycles. The molecule has 2 nitrogen and oxygen atoms in total. The molecular weight excluding hydrogens is 174 g/mol. The van der Waals surface area contributed by atoms with Crippen LogP contribution in [0.2, 0.25) is 0 Å². The Morgan fingerprint density at radius 3 is 2.29 bits per heavy atom. The van der Waals surface area contributed by atoms with Gasteiger partial charge in [-0.25, -0.2) is 0 Å². The van der Waals surface area contributed by atoms with Gasteiger partial charge < -0.3 is 9.67 Å². The van der Waals surface area contributed by atoms with Crippen LogP contribution in [0.3, 0.4) is 0 Å². The van der Waals surface area contributed by atoms with E-state index in [1.165, 1.54) is 17.8 Å². The molecule has 0 unspecified atom stereocenters. The van der Waals surface area contributed by atoms with Gasteiger partial charge in [-0.15, -0.1) is 0 Å². The van der Waals surface area contributed by atoms with Gasteiger partial charge in [-0.2, -0.15) is 0 Å². The van der Waals surface area contributed by atoms with Crippen molar-refractivity contribution in [2.45, 2.75) is 51.7 Å². The zero-order chi connectivity index (χ0) is 10.2. The summed E-state index contributed by atoms with van der Waals surface area (Å²) >= 11 is 0. The Labute approximate surface area is 85.6 Å². The van der Waals surface area contributed by atoms with Crippen molar-refractivity contribution in [2.24, 2.45) is 0 Å². The maximum Gasteiger partial charge on any atom is 0.0664 e. The molecule has 78 valence electrons. The van der Waals surface area contributed by atoms with E-state index in [1.807, 2.05) is 0 Å². The van der Waals surface area contributed by atoms with E-state index in [4.69, 9.17) is 0 Å². The lowest BCUT2D eigenvalue weighted by atomic mass is 9.78. The zero-order valence-electron chi connectivity index (χ0n) is 9.08. The Kier molecular flexibility index (Phi) is 2.40. The van der Waals surface area contributed by atoms with Crippen molar-refractivity contribution in [3.8, 4) is 0 Å². The molecule has 14 heavy (non-hydrogen) atoms. The van der Waals surface area contributed by atoms with Gasteiger partial charge in [0.05, 0.1) is 5.60 Å². The summed E-state index contributed by atoms with van der Waals surface area (Å²) in [5.41, 5.74) is 2.25. The molecule has 0 aromatic carbocycles. The van der Waals surface area contributed by atoms with Crippen LogP contribution >= 0.6 is 0 Å². The minimum atomic E-state index is -0.344. The Morgan fingerprint density at radius 2 is 1.86 bits per heavy atom. The van der Waals surface area contributed by atoms with Gasteiger partial charge >= 0.3 is 0 Å². The summed E-state index contributed by atoms with van der Waals surface area (Å²) < 4.78 is 2.29. The number of rotatable bonds is 3. The Morgan fingerprint density at radius 1 is 1.29 bits per heavy atom. The fourth-order valence-corrected chi connectivity index (χ4v) is 2.21. The molecule has 1 aliphatic rings. The van der Waals surface area contributed by atoms with Crippen molar-refractivity contribution in [3.63, 3.8) is 0 Å². The average molecular weight is 193 g/mol. The maximum absolute atomic E-state index is 9.98. The van der Waals surface area contributed by atoms with Gasteiger partial charge in [0, 0.05) is 17.9 Å². The molecule has 1 saturated carbocycles. The lowest BCUT2D eigenvalue weighted by Gasteiger charge is -2.37. The van der Waals surface area contributed by atoms with Gasteiger partial charge in [-0.3, -0.25) is 0 Å². The van der Waals surface area contributed by atoms with Crippen molar-refractivity contribution in [3.05, 3.63) is 23.5 Å². The SMILES string of the molecule is Cc1ccc(C)n1CCC1(O)CCC1. The van der Waals surface area contributed by atoms with Crippen LogP contribution in [-0.4, -0.2) is 15.3 Å². The predicted octanol–water partition coefficient (Wildman–Crippen LogP) is 2.41. The van der Waals surface area contributed by atoms with E-state index in [2.05, 4.69) is 30.5 Å². The molecule has 1 aromatic rings. The molecular formula is C12H19NO. The Hall–Kier alpha value is -0.760. The van der Waals surface area contributed by atoms with Crippen LogP contribution in [0.4, 0.5) is 0 Å². The summed E-state index contributed by atoms with van der Waals surface area (Å²) in [6.07, 6.45) is 4.09. The fraction of sp³-hybridized carbons (Fsp3) is 0.667. The van der Waals surface area contributed by atoms with Gasteiger partial charge in [0.15, 0.2) is 0 Å². The second kappa shape index (κ2) is 3.43. The van der Waals surface area contributed by atoms with Gasteiger partial charge in [0.25, 0.3) is 0 Å². The average Bonchev–Trinajstić information content (AvgIpc) is 2.41. The Balaban J connectivity index is 1.97. The number of aryl methyl sites for hydroxylation is 2. The van der Waals surface area contributed by atoms with Gasteiger partial charge in [0.2, 0.25) is 0 Å². The van der Waals surface area contributed by atoms with Crippen LogP contribution < -0.4 is 0 Å². The topological polar surface area (TPSA) is 25.2 Å². The van der Waals surface area contributed by atoms with E-state index < -0.39 is 0 Å². The zero-order valence-corrected chi connectivity index (χ0v) is 9.08. The smallest absolute Gasteiger partial charge is 0.0664 e. The molecule has 0 amide bonds. The molecule has 1 N–H and O–H groups in total. The lowest BCUT2D eigenvalue weighted by Crippen LogP contribution is -2.37. The molecule has 1 aromatic heterocycles. The van der Waals surface area contributed by atoms with Crippen LogP contribution in [0.5, 0.6) is 0 Å². The van der Waals surface area contributed by atoms with Crippen molar-refractivity contribution in [2.75, 3.05) is 0 Å². The number of nitrogens with zero attached hydrogens (tertiary/aromatic N) is 1. The minimum Gasteiger partial charge on any atom is -0.390 e. The van der Waals surface area contributed by atoms with E-state index in [0.717, 1.165) is 25.8 Å². The van der Waals surface area contributed by atoms with Gasteiger partial charge in [0.1, 0.15) is 0 Å². The first kappa shape index (κ1) is 9.78. The van der Waals surface area contributed by atoms with Crippen molar-refractivity contribution >= 4 is 0 Å². The highest BCUT2D eigenvalue weighted by atomic mass is 16.3. The third kappa shape index (κ3) is 1.71. The highest BCUT2D eigenvalue weighted by molar-refractivity contribution is 5.13. The lowest BCUT2D eigenvalue weighted by molar-refractivity contribution is -0.0433.